The molecule has 0 unspecified atom stereocenters. The van der Waals surface area contributed by atoms with E-state index in [1.165, 1.54) is 16.3 Å². The Morgan fingerprint density at radius 2 is 2.22 bits per heavy atom. The van der Waals surface area contributed by atoms with Crippen LogP contribution in [0.25, 0.3) is 0 Å². The van der Waals surface area contributed by atoms with E-state index in [4.69, 9.17) is 11.0 Å². The molecule has 1 aromatic rings. The molecule has 0 saturated carbocycles. The number of thioether (sulfide) groups is 2. The lowest BCUT2D eigenvalue weighted by Crippen LogP contribution is -2.43. The second-order valence-corrected chi connectivity index (χ2v) is 8.44. The molecule has 0 atom stereocenters. The highest BCUT2D eigenvalue weighted by molar-refractivity contribution is 8.00. The van der Waals surface area contributed by atoms with Gasteiger partial charge in [0, 0.05) is 23.6 Å². The molecule has 0 bridgehead atoms. The van der Waals surface area contributed by atoms with Crippen LogP contribution >= 0.6 is 34.9 Å². The van der Waals surface area contributed by atoms with Crippen LogP contribution in [-0.2, 0) is 0 Å². The summed E-state index contributed by atoms with van der Waals surface area (Å²) >= 11 is 5.17. The topological polar surface area (TPSA) is 53.0 Å². The van der Waals surface area contributed by atoms with Gasteiger partial charge >= 0.3 is 0 Å². The number of nitrogens with zero attached hydrogens (tertiary/aromatic N) is 2. The number of hydrogen-bond acceptors (Lipinski definition) is 6. The van der Waals surface area contributed by atoms with Gasteiger partial charge in [-0.2, -0.15) is 17.0 Å². The lowest BCUT2D eigenvalue weighted by Gasteiger charge is -2.38. The predicted octanol–water partition coefficient (Wildman–Crippen LogP) is 3.26. The third-order valence-corrected chi connectivity index (χ3v) is 6.32. The molecule has 0 radical (unpaired) electrons. The lowest BCUT2D eigenvalue weighted by molar-refractivity contribution is 0.648. The average Bonchev–Trinajstić information content (AvgIpc) is 2.64. The van der Waals surface area contributed by atoms with Crippen molar-refractivity contribution in [2.75, 3.05) is 35.7 Å². The first-order valence-corrected chi connectivity index (χ1v) is 8.76. The summed E-state index contributed by atoms with van der Waals surface area (Å²) in [6, 6.07) is 2.20. The van der Waals surface area contributed by atoms with Crippen molar-refractivity contribution in [3.63, 3.8) is 0 Å². The van der Waals surface area contributed by atoms with Gasteiger partial charge in [-0.3, -0.25) is 0 Å². The summed E-state index contributed by atoms with van der Waals surface area (Å²) in [5, 5.41) is 10.3. The molecule has 0 amide bonds. The zero-order valence-electron chi connectivity index (χ0n) is 10.8. The molecule has 1 aliphatic rings. The van der Waals surface area contributed by atoms with E-state index in [0.29, 0.717) is 10.6 Å². The third kappa shape index (κ3) is 2.58. The summed E-state index contributed by atoms with van der Waals surface area (Å²) in [4.78, 5) is 4.09. The Hall–Kier alpha value is -0.510. The van der Waals surface area contributed by atoms with E-state index in [1.807, 2.05) is 18.0 Å². The van der Waals surface area contributed by atoms with E-state index < -0.39 is 0 Å². The van der Waals surface area contributed by atoms with E-state index in [1.54, 1.807) is 11.8 Å². The minimum atomic E-state index is 0.263. The molecule has 98 valence electrons. The number of nitrogen functional groups attached to an aromatic ring is 1. The van der Waals surface area contributed by atoms with Gasteiger partial charge in [0.25, 0.3) is 0 Å². The SMILES string of the molecule is CSc1c(N2CCSC(C)(C)C2)sc(C#N)c1N. The highest BCUT2D eigenvalue weighted by atomic mass is 32.2. The maximum Gasteiger partial charge on any atom is 0.131 e. The molecule has 6 heteroatoms. The van der Waals surface area contributed by atoms with E-state index >= 15 is 0 Å². The second kappa shape index (κ2) is 5.24. The van der Waals surface area contributed by atoms with Crippen molar-refractivity contribution in [3.05, 3.63) is 4.88 Å². The number of thiophene rings is 1. The minimum Gasteiger partial charge on any atom is -0.396 e. The summed E-state index contributed by atoms with van der Waals surface area (Å²) in [6.07, 6.45) is 2.02. The zero-order valence-corrected chi connectivity index (χ0v) is 13.3. The molecule has 1 fully saturated rings. The second-order valence-electron chi connectivity index (χ2n) is 4.82. The Kier molecular flexibility index (Phi) is 4.05. The summed E-state index contributed by atoms with van der Waals surface area (Å²) in [5.74, 6) is 1.13. The molecule has 2 rings (SSSR count). The van der Waals surface area contributed by atoms with E-state index in [9.17, 15) is 0 Å². The maximum absolute atomic E-state index is 9.10. The summed E-state index contributed by atoms with van der Waals surface area (Å²) < 4.78 is 0.263. The first kappa shape index (κ1) is 13.9. The Labute approximate surface area is 121 Å². The fourth-order valence-corrected chi connectivity index (χ4v) is 5.21. The van der Waals surface area contributed by atoms with Crippen LogP contribution in [0.1, 0.15) is 18.7 Å². The van der Waals surface area contributed by atoms with Gasteiger partial charge in [-0.25, -0.2) is 0 Å². The van der Waals surface area contributed by atoms with E-state index in [2.05, 4.69) is 24.8 Å². The lowest BCUT2D eigenvalue weighted by atomic mass is 10.2. The van der Waals surface area contributed by atoms with Crippen molar-refractivity contribution in [2.45, 2.75) is 23.5 Å². The Bertz CT molecular complexity index is 487. The van der Waals surface area contributed by atoms with Crippen molar-refractivity contribution in [1.82, 2.24) is 0 Å². The van der Waals surface area contributed by atoms with Gasteiger partial charge in [0.2, 0.25) is 0 Å². The van der Waals surface area contributed by atoms with Crippen LogP contribution in [0.5, 0.6) is 0 Å². The van der Waals surface area contributed by atoms with Crippen LogP contribution in [0.3, 0.4) is 0 Å². The molecule has 0 aliphatic carbocycles. The van der Waals surface area contributed by atoms with Crippen LogP contribution < -0.4 is 10.6 Å². The molecule has 3 nitrogen and oxygen atoms in total. The third-order valence-electron chi connectivity index (χ3n) is 2.90. The molecule has 0 aromatic carbocycles. The van der Waals surface area contributed by atoms with Gasteiger partial charge in [0.15, 0.2) is 0 Å². The van der Waals surface area contributed by atoms with Gasteiger partial charge in [-0.05, 0) is 20.1 Å². The van der Waals surface area contributed by atoms with E-state index in [-0.39, 0.29) is 4.75 Å². The van der Waals surface area contributed by atoms with Crippen LogP contribution in [0, 0.1) is 11.3 Å². The fourth-order valence-electron chi connectivity index (χ4n) is 2.09. The molecule has 1 aromatic heterocycles. The normalized spacial score (nSPS) is 18.7. The van der Waals surface area contributed by atoms with E-state index in [0.717, 1.165) is 23.7 Å². The molecule has 0 spiro atoms. The van der Waals surface area contributed by atoms with Crippen molar-refractivity contribution in [1.29, 1.82) is 5.26 Å². The molecular weight excluding hydrogens is 282 g/mol. The summed E-state index contributed by atoms with van der Waals surface area (Å²) in [5.41, 5.74) is 6.69. The Balaban J connectivity index is 2.36. The monoisotopic (exact) mass is 299 g/mol. The molecule has 18 heavy (non-hydrogen) atoms. The van der Waals surface area contributed by atoms with Crippen LogP contribution in [0.2, 0.25) is 0 Å². The van der Waals surface area contributed by atoms with Gasteiger partial charge in [0.05, 0.1) is 10.6 Å². The first-order valence-electron chi connectivity index (χ1n) is 5.74. The average molecular weight is 299 g/mol. The molecule has 1 saturated heterocycles. The van der Waals surface area contributed by atoms with Crippen LogP contribution in [0.15, 0.2) is 4.90 Å². The quantitative estimate of drug-likeness (QED) is 0.850. The Morgan fingerprint density at radius 1 is 1.50 bits per heavy atom. The standard InChI is InChI=1S/C12H17N3S3/c1-12(2)7-15(4-5-17-12)11-10(16-3)9(14)8(6-13)18-11/h4-5,7,14H2,1-3H3. The first-order chi connectivity index (χ1) is 8.48. The highest BCUT2D eigenvalue weighted by Gasteiger charge is 2.30. The number of hydrogen-bond donors (Lipinski definition) is 1. The van der Waals surface area contributed by atoms with Crippen molar-refractivity contribution >= 4 is 45.5 Å². The van der Waals surface area contributed by atoms with Crippen molar-refractivity contribution < 1.29 is 0 Å². The highest BCUT2D eigenvalue weighted by Crippen LogP contribution is 2.45. The van der Waals surface area contributed by atoms with Crippen molar-refractivity contribution in [3.8, 4) is 6.07 Å². The van der Waals surface area contributed by atoms with Crippen LogP contribution in [-0.4, -0.2) is 29.8 Å². The Morgan fingerprint density at radius 3 is 2.78 bits per heavy atom. The van der Waals surface area contributed by atoms with Crippen LogP contribution in [0.4, 0.5) is 10.7 Å². The largest absolute Gasteiger partial charge is 0.396 e. The van der Waals surface area contributed by atoms with Gasteiger partial charge < -0.3 is 10.6 Å². The molecule has 1 aliphatic heterocycles. The summed E-state index contributed by atoms with van der Waals surface area (Å²) in [6.45, 7) is 6.58. The van der Waals surface area contributed by atoms with Crippen molar-refractivity contribution in [2.24, 2.45) is 0 Å². The minimum absolute atomic E-state index is 0.263. The number of anilines is 2. The summed E-state index contributed by atoms with van der Waals surface area (Å²) in [7, 11) is 0. The fraction of sp³-hybridized carbons (Fsp3) is 0.583. The van der Waals surface area contributed by atoms with Gasteiger partial charge in [-0.15, -0.1) is 23.1 Å². The maximum atomic E-state index is 9.10. The van der Waals surface area contributed by atoms with Gasteiger partial charge in [-0.1, -0.05) is 0 Å². The number of rotatable bonds is 2. The number of nitrogens with two attached hydrogens (primary N) is 1. The smallest absolute Gasteiger partial charge is 0.131 e. The number of nitriles is 1. The predicted molar refractivity (Wildman–Crippen MR) is 84.0 cm³/mol. The van der Waals surface area contributed by atoms with Gasteiger partial charge in [0.1, 0.15) is 15.9 Å². The molecule has 2 heterocycles. The zero-order chi connectivity index (χ0) is 13.3. The molecule has 2 N–H and O–H groups in total. The molecular formula is C12H17N3S3.